The second-order valence-electron chi connectivity index (χ2n) is 13.0. The summed E-state index contributed by atoms with van der Waals surface area (Å²) in [5, 5.41) is 29.0. The van der Waals surface area contributed by atoms with Gasteiger partial charge in [-0.2, -0.15) is 0 Å². The number of para-hydroxylation sites is 2. The van der Waals surface area contributed by atoms with Crippen LogP contribution in [0, 0.1) is 16.0 Å². The maximum absolute atomic E-state index is 13.8. The zero-order valence-corrected chi connectivity index (χ0v) is 30.6. The van der Waals surface area contributed by atoms with Crippen LogP contribution in [-0.2, 0) is 23.9 Å². The van der Waals surface area contributed by atoms with E-state index in [4.69, 9.17) is 18.9 Å². The number of aliphatic hydroxyl groups excluding tert-OH is 1. The summed E-state index contributed by atoms with van der Waals surface area (Å²) in [6.45, 7) is 12.5. The molecule has 14 nitrogen and oxygen atoms in total. The lowest BCUT2D eigenvalue weighted by Gasteiger charge is -2.38. The number of esters is 2. The number of non-ortho nitro benzene ring substituents is 1. The van der Waals surface area contributed by atoms with Crippen molar-refractivity contribution < 1.29 is 43.4 Å². The summed E-state index contributed by atoms with van der Waals surface area (Å²) in [5.41, 5.74) is 0.124. The number of nitrogens with one attached hydrogen (secondary N) is 2. The number of ether oxygens (including phenoxy) is 4. The summed E-state index contributed by atoms with van der Waals surface area (Å²) < 4.78 is 21.9. The van der Waals surface area contributed by atoms with E-state index in [2.05, 4.69) is 10.6 Å². The first kappa shape index (κ1) is 40.5. The molecule has 0 spiro atoms. The summed E-state index contributed by atoms with van der Waals surface area (Å²) in [4.78, 5) is 53.7. The highest BCUT2D eigenvalue weighted by Gasteiger charge is 2.40. The Kier molecular flexibility index (Phi) is 14.6. The van der Waals surface area contributed by atoms with E-state index in [1.807, 2.05) is 19.9 Å². The molecular formula is C37H50N4O10. The molecule has 0 saturated carbocycles. The number of benzene rings is 2. The molecule has 2 unspecified atom stereocenters. The van der Waals surface area contributed by atoms with E-state index in [1.165, 1.54) is 25.3 Å². The number of aliphatic hydroxyl groups is 1. The number of allylic oxidation sites excluding steroid dienone is 1. The fourth-order valence-electron chi connectivity index (χ4n) is 5.78. The third-order valence-corrected chi connectivity index (χ3v) is 8.11. The molecule has 14 heteroatoms. The molecule has 0 fully saturated rings. The van der Waals surface area contributed by atoms with E-state index in [9.17, 15) is 29.6 Å². The van der Waals surface area contributed by atoms with Gasteiger partial charge < -0.3 is 39.6 Å². The summed E-state index contributed by atoms with van der Waals surface area (Å²) in [6, 6.07) is 12.8. The van der Waals surface area contributed by atoms with Crippen LogP contribution in [0.3, 0.4) is 0 Å². The molecule has 2 aromatic carbocycles. The van der Waals surface area contributed by atoms with E-state index in [-0.39, 0.29) is 62.2 Å². The van der Waals surface area contributed by atoms with Crippen LogP contribution in [0.1, 0.15) is 59.9 Å². The van der Waals surface area contributed by atoms with E-state index in [0.717, 1.165) is 0 Å². The lowest BCUT2D eigenvalue weighted by atomic mass is 9.80. The highest BCUT2D eigenvalue weighted by molar-refractivity contribution is 6.00. The highest BCUT2D eigenvalue weighted by Crippen LogP contribution is 2.40. The van der Waals surface area contributed by atoms with Crippen molar-refractivity contribution in [2.45, 2.75) is 66.0 Å². The van der Waals surface area contributed by atoms with Crippen molar-refractivity contribution in [2.75, 3.05) is 46.6 Å². The summed E-state index contributed by atoms with van der Waals surface area (Å²) >= 11 is 0. The van der Waals surface area contributed by atoms with Crippen LogP contribution in [0.5, 0.6) is 11.5 Å². The van der Waals surface area contributed by atoms with Gasteiger partial charge in [0.2, 0.25) is 5.91 Å². The van der Waals surface area contributed by atoms with Gasteiger partial charge in [0, 0.05) is 48.1 Å². The number of carbonyl (C=O) groups is 3. The zero-order valence-electron chi connectivity index (χ0n) is 30.6. The number of β-amino-alcohol motifs (C(OH)–C–C–N with tert-alkyl or cyclic N) is 1. The maximum Gasteiger partial charge on any atom is 0.336 e. The molecule has 3 N–H and O–H groups in total. The van der Waals surface area contributed by atoms with Crippen molar-refractivity contribution in [1.82, 2.24) is 15.5 Å². The molecular weight excluding hydrogens is 660 g/mol. The van der Waals surface area contributed by atoms with Gasteiger partial charge in [0.1, 0.15) is 12.7 Å². The summed E-state index contributed by atoms with van der Waals surface area (Å²) in [7, 11) is 1.53. The fourth-order valence-corrected chi connectivity index (χ4v) is 5.78. The maximum atomic E-state index is 13.8. The molecule has 1 heterocycles. The van der Waals surface area contributed by atoms with Gasteiger partial charge in [-0.05, 0) is 52.3 Å². The Morgan fingerprint density at radius 3 is 2.24 bits per heavy atom. The van der Waals surface area contributed by atoms with Crippen molar-refractivity contribution in [3.05, 3.63) is 86.7 Å². The number of carbonyl (C=O) groups excluding carboxylic acids is 3. The van der Waals surface area contributed by atoms with Crippen LogP contribution < -0.4 is 20.1 Å². The first-order valence-electron chi connectivity index (χ1n) is 16.9. The number of amides is 1. The zero-order chi connectivity index (χ0) is 37.9. The molecule has 1 aliphatic rings. The minimum Gasteiger partial charge on any atom is -0.493 e. The van der Waals surface area contributed by atoms with Crippen molar-refractivity contribution in [3.63, 3.8) is 0 Å². The van der Waals surface area contributed by atoms with Gasteiger partial charge in [-0.3, -0.25) is 14.9 Å². The van der Waals surface area contributed by atoms with Gasteiger partial charge in [-0.15, -0.1) is 0 Å². The Morgan fingerprint density at radius 1 is 1.02 bits per heavy atom. The molecule has 1 amide bonds. The highest BCUT2D eigenvalue weighted by atomic mass is 16.6. The van der Waals surface area contributed by atoms with E-state index in [0.29, 0.717) is 28.5 Å². The Labute approximate surface area is 298 Å². The predicted molar refractivity (Wildman–Crippen MR) is 190 cm³/mol. The molecule has 0 aliphatic carbocycles. The van der Waals surface area contributed by atoms with Crippen LogP contribution in [-0.4, -0.2) is 91.0 Å². The first-order chi connectivity index (χ1) is 24.1. The Hall–Kier alpha value is -4.95. The largest absolute Gasteiger partial charge is 0.493 e. The Morgan fingerprint density at radius 2 is 1.65 bits per heavy atom. The SMILES string of the molecule is CCOC(=O)C1=C(C)NC(CN(CC(C)(C)NCC(O)COc2ccccc2OC)C(=O)C(C)C)=C(C(=O)OCC)C1c1cccc([N+](=O)[O-])c1. The summed E-state index contributed by atoms with van der Waals surface area (Å²) in [5.74, 6) is -2.15. The third kappa shape index (κ3) is 10.8. The number of nitro groups is 1. The number of hydrogen-bond acceptors (Lipinski definition) is 12. The van der Waals surface area contributed by atoms with Crippen LogP contribution in [0.25, 0.3) is 0 Å². The average Bonchev–Trinajstić information content (AvgIpc) is 3.09. The lowest BCUT2D eigenvalue weighted by Crippen LogP contribution is -2.54. The Bertz CT molecular complexity index is 1630. The molecule has 51 heavy (non-hydrogen) atoms. The molecule has 0 bridgehead atoms. The molecule has 0 aromatic heterocycles. The molecule has 2 aromatic rings. The molecule has 0 radical (unpaired) electrons. The lowest BCUT2D eigenvalue weighted by molar-refractivity contribution is -0.384. The van der Waals surface area contributed by atoms with Crippen LogP contribution >= 0.6 is 0 Å². The number of methoxy groups -OCH3 is 1. The van der Waals surface area contributed by atoms with Crippen LogP contribution in [0.2, 0.25) is 0 Å². The quantitative estimate of drug-likeness (QED) is 0.114. The van der Waals surface area contributed by atoms with Crippen molar-refractivity contribution >= 4 is 23.5 Å². The van der Waals surface area contributed by atoms with Crippen LogP contribution in [0.4, 0.5) is 5.69 Å². The molecule has 0 saturated heterocycles. The van der Waals surface area contributed by atoms with Gasteiger partial charge in [-0.1, -0.05) is 38.1 Å². The number of dihydropyridines is 1. The smallest absolute Gasteiger partial charge is 0.336 e. The van der Waals surface area contributed by atoms with E-state index < -0.39 is 40.3 Å². The molecule has 1 aliphatic heterocycles. The van der Waals surface area contributed by atoms with Crippen molar-refractivity contribution in [2.24, 2.45) is 5.92 Å². The van der Waals surface area contributed by atoms with E-state index >= 15 is 0 Å². The predicted octanol–water partition coefficient (Wildman–Crippen LogP) is 4.24. The minimum absolute atomic E-state index is 0.00869. The second-order valence-corrected chi connectivity index (χ2v) is 13.0. The van der Waals surface area contributed by atoms with Crippen molar-refractivity contribution in [3.8, 4) is 11.5 Å². The fraction of sp³-hybridized carbons (Fsp3) is 0.486. The van der Waals surface area contributed by atoms with Gasteiger partial charge in [0.05, 0.1) is 48.9 Å². The monoisotopic (exact) mass is 710 g/mol. The third-order valence-electron chi connectivity index (χ3n) is 8.11. The normalized spacial score (nSPS) is 15.2. The first-order valence-corrected chi connectivity index (χ1v) is 16.9. The minimum atomic E-state index is -1.10. The van der Waals surface area contributed by atoms with Gasteiger partial charge >= 0.3 is 11.9 Å². The number of nitrogens with zero attached hydrogens (tertiary/aromatic N) is 2. The second kappa shape index (κ2) is 18.3. The molecule has 278 valence electrons. The molecule has 2 atom stereocenters. The van der Waals surface area contributed by atoms with Crippen LogP contribution in [0.15, 0.2) is 71.1 Å². The van der Waals surface area contributed by atoms with Gasteiger partial charge in [0.25, 0.3) is 5.69 Å². The molecule has 3 rings (SSSR count). The number of rotatable bonds is 18. The van der Waals surface area contributed by atoms with Gasteiger partial charge in [0.15, 0.2) is 11.5 Å². The standard InChI is InChI=1S/C37H50N4O10/c1-9-49-35(44)31-24(5)39-28(33(36(45)50-10-2)32(31)25-14-13-15-26(18-25)41(46)47)20-40(34(43)23(3)4)22-37(6,7)38-19-27(42)21-51-30-17-12-11-16-29(30)48-8/h11-18,23,27,32,38-39,42H,9-10,19-22H2,1-8H3. The van der Waals surface area contributed by atoms with Crippen molar-refractivity contribution in [1.29, 1.82) is 0 Å². The Balaban J connectivity index is 1.99. The average molecular weight is 711 g/mol. The number of nitro benzene ring substituents is 1. The topological polar surface area (TPSA) is 179 Å². The summed E-state index contributed by atoms with van der Waals surface area (Å²) in [6.07, 6.45) is -0.897. The number of hydrogen-bond donors (Lipinski definition) is 3. The van der Waals surface area contributed by atoms with Gasteiger partial charge in [-0.25, -0.2) is 9.59 Å². The van der Waals surface area contributed by atoms with E-state index in [1.54, 1.807) is 63.8 Å².